The number of ether oxygens (including phenoxy) is 1. The van der Waals surface area contributed by atoms with Gasteiger partial charge < -0.3 is 14.6 Å². The number of amides is 1. The van der Waals surface area contributed by atoms with Gasteiger partial charge in [-0.1, -0.05) is 30.3 Å². The maximum absolute atomic E-state index is 12.9. The summed E-state index contributed by atoms with van der Waals surface area (Å²) in [6, 6.07) is 13.2. The normalized spacial score (nSPS) is 11.9. The third kappa shape index (κ3) is 3.85. The maximum atomic E-state index is 12.9. The van der Waals surface area contributed by atoms with Crippen molar-refractivity contribution in [1.82, 2.24) is 24.6 Å². The minimum atomic E-state index is -0.619. The van der Waals surface area contributed by atoms with Crippen LogP contribution >= 0.6 is 0 Å². The minimum absolute atomic E-state index is 0.254. The molecular formula is C22H21N5O4. The molecule has 1 unspecified atom stereocenters. The Morgan fingerprint density at radius 2 is 1.84 bits per heavy atom. The highest BCUT2D eigenvalue weighted by Crippen LogP contribution is 2.28. The molecule has 1 amide bonds. The van der Waals surface area contributed by atoms with Crippen LogP contribution in [0.1, 0.15) is 17.4 Å². The van der Waals surface area contributed by atoms with E-state index in [1.165, 1.54) is 0 Å². The third-order valence-electron chi connectivity index (χ3n) is 5.06. The van der Waals surface area contributed by atoms with E-state index in [1.807, 2.05) is 25.2 Å². The maximum Gasteiger partial charge on any atom is 0.273 e. The largest absolute Gasteiger partial charge is 0.496 e. The molecule has 2 aromatic heterocycles. The Morgan fingerprint density at radius 3 is 2.55 bits per heavy atom. The van der Waals surface area contributed by atoms with Crippen molar-refractivity contribution in [2.24, 2.45) is 7.05 Å². The fraction of sp³-hybridized carbons (Fsp3) is 0.182. The van der Waals surface area contributed by atoms with Gasteiger partial charge in [0.05, 0.1) is 17.9 Å². The molecule has 0 spiro atoms. The van der Waals surface area contributed by atoms with Gasteiger partial charge in [0.1, 0.15) is 24.2 Å². The molecule has 0 fully saturated rings. The molecule has 0 bridgehead atoms. The van der Waals surface area contributed by atoms with Crippen molar-refractivity contribution in [3.8, 4) is 5.75 Å². The first-order valence-corrected chi connectivity index (χ1v) is 9.61. The van der Waals surface area contributed by atoms with E-state index in [0.29, 0.717) is 17.1 Å². The van der Waals surface area contributed by atoms with E-state index in [2.05, 4.69) is 15.4 Å². The van der Waals surface area contributed by atoms with E-state index in [0.717, 1.165) is 4.68 Å². The molecule has 0 aliphatic rings. The number of nitrogens with zero attached hydrogens (tertiary/aromatic N) is 3. The van der Waals surface area contributed by atoms with Gasteiger partial charge in [-0.05, 0) is 18.2 Å². The fourth-order valence-electron chi connectivity index (χ4n) is 3.55. The van der Waals surface area contributed by atoms with E-state index in [-0.39, 0.29) is 17.3 Å². The van der Waals surface area contributed by atoms with Gasteiger partial charge in [0.25, 0.3) is 11.1 Å². The number of aromatic amines is 1. The summed E-state index contributed by atoms with van der Waals surface area (Å²) >= 11 is 0. The number of carbonyl (C=O) groups is 1. The zero-order chi connectivity index (χ0) is 22.0. The molecule has 31 heavy (non-hydrogen) atoms. The Morgan fingerprint density at radius 1 is 1.13 bits per heavy atom. The average Bonchev–Trinajstić information content (AvgIpc) is 3.21. The smallest absolute Gasteiger partial charge is 0.273 e. The second kappa shape index (κ2) is 8.31. The lowest BCUT2D eigenvalue weighted by Crippen LogP contribution is -2.39. The van der Waals surface area contributed by atoms with Crippen LogP contribution in [0, 0.1) is 0 Å². The summed E-state index contributed by atoms with van der Waals surface area (Å²) in [5, 5.41) is 5.92. The van der Waals surface area contributed by atoms with Crippen molar-refractivity contribution in [3.05, 3.63) is 93.0 Å². The van der Waals surface area contributed by atoms with E-state index in [4.69, 9.17) is 4.74 Å². The molecule has 0 aliphatic carbocycles. The molecule has 0 saturated carbocycles. The van der Waals surface area contributed by atoms with Crippen LogP contribution in [-0.4, -0.2) is 32.3 Å². The van der Waals surface area contributed by atoms with E-state index < -0.39 is 23.1 Å². The molecule has 0 saturated heterocycles. The van der Waals surface area contributed by atoms with Crippen LogP contribution in [0.25, 0.3) is 10.8 Å². The number of methoxy groups -OCH3 is 1. The quantitative estimate of drug-likeness (QED) is 0.490. The Bertz CT molecular complexity index is 1370. The highest BCUT2D eigenvalue weighted by Gasteiger charge is 2.24. The van der Waals surface area contributed by atoms with Crippen LogP contribution in [-0.2, 0) is 18.4 Å². The molecular weight excluding hydrogens is 398 g/mol. The topological polar surface area (TPSA) is 111 Å². The van der Waals surface area contributed by atoms with Gasteiger partial charge in [-0.2, -0.15) is 0 Å². The van der Waals surface area contributed by atoms with Crippen molar-refractivity contribution in [2.75, 3.05) is 7.11 Å². The van der Waals surface area contributed by atoms with Gasteiger partial charge >= 0.3 is 0 Å². The summed E-state index contributed by atoms with van der Waals surface area (Å²) in [5.41, 5.74) is -0.170. The van der Waals surface area contributed by atoms with Gasteiger partial charge in [-0.15, -0.1) is 0 Å². The first-order chi connectivity index (χ1) is 15.0. The predicted octanol–water partition coefficient (Wildman–Crippen LogP) is 1.34. The number of aromatic nitrogens is 4. The van der Waals surface area contributed by atoms with Crippen LogP contribution in [0.3, 0.4) is 0 Å². The summed E-state index contributed by atoms with van der Waals surface area (Å²) in [6.07, 6.45) is 3.41. The summed E-state index contributed by atoms with van der Waals surface area (Å²) in [4.78, 5) is 42.3. The standard InChI is InChI=1S/C22H21N5O4/c1-26-12-11-23-20(26)19(16-9-5-6-10-17(16)31-2)24-18(28)13-27-22(30)15-8-4-3-7-14(15)21(29)25-27/h3-12,19H,13H2,1-2H3,(H,24,28)(H,25,29). The molecule has 158 valence electrons. The molecule has 4 rings (SSSR count). The number of rotatable bonds is 6. The number of aryl methyl sites for hydroxylation is 1. The Hall–Kier alpha value is -4.14. The molecule has 2 heterocycles. The molecule has 0 aliphatic heterocycles. The summed E-state index contributed by atoms with van der Waals surface area (Å²) in [6.45, 7) is -0.352. The Balaban J connectivity index is 1.69. The molecule has 2 aromatic carbocycles. The number of imidazole rings is 1. The second-order valence-corrected chi connectivity index (χ2v) is 7.02. The molecule has 4 aromatic rings. The predicted molar refractivity (Wildman–Crippen MR) is 115 cm³/mol. The summed E-state index contributed by atoms with van der Waals surface area (Å²) in [7, 11) is 3.37. The monoisotopic (exact) mass is 419 g/mol. The SMILES string of the molecule is COc1ccccc1C(NC(=O)Cn1[nH]c(=O)c2ccccc2c1=O)c1nccn1C. The van der Waals surface area contributed by atoms with Crippen LogP contribution in [0.15, 0.2) is 70.5 Å². The Labute approximate surface area is 176 Å². The number of para-hydroxylation sites is 1. The van der Waals surface area contributed by atoms with Crippen molar-refractivity contribution >= 4 is 16.7 Å². The Kier molecular flexibility index (Phi) is 5.40. The zero-order valence-electron chi connectivity index (χ0n) is 17.0. The van der Waals surface area contributed by atoms with Gasteiger partial charge in [0.2, 0.25) is 5.91 Å². The van der Waals surface area contributed by atoms with Crippen molar-refractivity contribution in [2.45, 2.75) is 12.6 Å². The molecule has 1 atom stereocenters. The number of nitrogens with one attached hydrogen (secondary N) is 2. The molecule has 9 nitrogen and oxygen atoms in total. The van der Waals surface area contributed by atoms with Crippen molar-refractivity contribution < 1.29 is 9.53 Å². The summed E-state index contributed by atoms with van der Waals surface area (Å²) in [5.74, 6) is 0.719. The van der Waals surface area contributed by atoms with Crippen LogP contribution < -0.4 is 21.2 Å². The zero-order valence-corrected chi connectivity index (χ0v) is 17.0. The van der Waals surface area contributed by atoms with Crippen LogP contribution in [0.2, 0.25) is 0 Å². The van der Waals surface area contributed by atoms with Crippen molar-refractivity contribution in [1.29, 1.82) is 0 Å². The van der Waals surface area contributed by atoms with Crippen LogP contribution in [0.4, 0.5) is 0 Å². The lowest BCUT2D eigenvalue weighted by molar-refractivity contribution is -0.122. The fourth-order valence-corrected chi connectivity index (χ4v) is 3.55. The van der Waals surface area contributed by atoms with Crippen molar-refractivity contribution in [3.63, 3.8) is 0 Å². The number of benzene rings is 2. The van der Waals surface area contributed by atoms with Gasteiger partial charge in [0, 0.05) is 25.0 Å². The first kappa shape index (κ1) is 20.1. The number of carbonyl (C=O) groups excluding carboxylic acids is 1. The van der Waals surface area contributed by atoms with Gasteiger partial charge in [-0.3, -0.25) is 19.5 Å². The number of fused-ring (bicyclic) bond motifs is 1. The van der Waals surface area contributed by atoms with E-state index in [1.54, 1.807) is 54.4 Å². The van der Waals surface area contributed by atoms with Gasteiger partial charge in [-0.25, -0.2) is 9.67 Å². The minimum Gasteiger partial charge on any atom is -0.496 e. The molecule has 9 heteroatoms. The summed E-state index contributed by atoms with van der Waals surface area (Å²) < 4.78 is 8.26. The number of hydrogen-bond acceptors (Lipinski definition) is 5. The van der Waals surface area contributed by atoms with Crippen LogP contribution in [0.5, 0.6) is 5.75 Å². The lowest BCUT2D eigenvalue weighted by atomic mass is 10.0. The van der Waals surface area contributed by atoms with E-state index in [9.17, 15) is 14.4 Å². The number of hydrogen-bond donors (Lipinski definition) is 2. The highest BCUT2D eigenvalue weighted by molar-refractivity contribution is 5.81. The van der Waals surface area contributed by atoms with E-state index >= 15 is 0 Å². The first-order valence-electron chi connectivity index (χ1n) is 9.61. The van der Waals surface area contributed by atoms with Gasteiger partial charge in [0.15, 0.2) is 0 Å². The molecule has 0 radical (unpaired) electrons. The number of H-pyrrole nitrogens is 1. The molecule has 2 N–H and O–H groups in total. The lowest BCUT2D eigenvalue weighted by Gasteiger charge is -2.21. The highest BCUT2D eigenvalue weighted by atomic mass is 16.5. The second-order valence-electron chi connectivity index (χ2n) is 7.02. The third-order valence-corrected chi connectivity index (χ3v) is 5.06. The average molecular weight is 419 g/mol.